The number of benzene rings is 1. The normalized spacial score (nSPS) is 14.8. The van der Waals surface area contributed by atoms with Crippen molar-refractivity contribution in [3.05, 3.63) is 53.3 Å². The van der Waals surface area contributed by atoms with Crippen LogP contribution in [0.25, 0.3) is 0 Å². The summed E-state index contributed by atoms with van der Waals surface area (Å²) in [6.45, 7) is 1.03. The summed E-state index contributed by atoms with van der Waals surface area (Å²) < 4.78 is 32.7. The van der Waals surface area contributed by atoms with Gasteiger partial charge in [-0.1, -0.05) is 15.9 Å². The topological polar surface area (TPSA) is 132 Å². The van der Waals surface area contributed by atoms with E-state index < -0.39 is 18.2 Å². The summed E-state index contributed by atoms with van der Waals surface area (Å²) >= 11 is 4.84. The van der Waals surface area contributed by atoms with Crippen LogP contribution in [-0.4, -0.2) is 75.2 Å². The van der Waals surface area contributed by atoms with E-state index in [4.69, 9.17) is 9.90 Å². The lowest BCUT2D eigenvalue weighted by atomic mass is 10.0. The Morgan fingerprint density at radius 2 is 1.67 bits per heavy atom. The van der Waals surface area contributed by atoms with E-state index in [0.717, 1.165) is 9.37 Å². The number of halogens is 4. The standard InChI is InChI=1S/C20H23BrN4O3S.C2HF3O2/c21-14-1-3-17(4-2-14)29-13-18(26)19(27)25-11-7-16(8-12-25)24-20(28)23-15-5-9-22-10-6-15;3-2(4,5)1(6)7/h1-6,9-10,16,18,26H,7-8,11-13H2,(H2,22,23,24,28);(H,6,7)/t18-;/m0./s1. The first kappa shape index (κ1) is 29.4. The van der Waals surface area contributed by atoms with Crippen LogP contribution in [0.4, 0.5) is 23.7 Å². The third kappa shape index (κ3) is 10.4. The molecule has 3 rings (SSSR count). The molecular weight excluding hydrogens is 569 g/mol. The zero-order chi connectivity index (χ0) is 26.7. The highest BCUT2D eigenvalue weighted by Crippen LogP contribution is 2.22. The van der Waals surface area contributed by atoms with Gasteiger partial charge in [0.1, 0.15) is 6.10 Å². The van der Waals surface area contributed by atoms with Crippen molar-refractivity contribution < 1.29 is 37.8 Å². The summed E-state index contributed by atoms with van der Waals surface area (Å²) in [5.74, 6) is -2.70. The fourth-order valence-electron chi connectivity index (χ4n) is 3.02. The summed E-state index contributed by atoms with van der Waals surface area (Å²) in [7, 11) is 0. The summed E-state index contributed by atoms with van der Waals surface area (Å²) in [5.41, 5.74) is 0.677. The number of thioether (sulfide) groups is 1. The number of hydrogen-bond donors (Lipinski definition) is 4. The molecule has 1 aliphatic heterocycles. The average molecular weight is 593 g/mol. The molecule has 1 aliphatic rings. The van der Waals surface area contributed by atoms with Crippen molar-refractivity contribution in [1.29, 1.82) is 0 Å². The largest absolute Gasteiger partial charge is 0.490 e. The third-order valence-corrected chi connectivity index (χ3v) is 6.45. The molecule has 1 atom stereocenters. The zero-order valence-corrected chi connectivity index (χ0v) is 21.1. The number of carbonyl (C=O) groups is 3. The molecule has 1 aromatic carbocycles. The molecule has 0 radical (unpaired) electrons. The van der Waals surface area contributed by atoms with Crippen LogP contribution in [0.5, 0.6) is 0 Å². The molecule has 0 spiro atoms. The van der Waals surface area contributed by atoms with Gasteiger partial charge in [0.15, 0.2) is 0 Å². The molecular formula is C22H24BrF3N4O5S. The van der Waals surface area contributed by atoms with Gasteiger partial charge in [-0.3, -0.25) is 9.78 Å². The van der Waals surface area contributed by atoms with Gasteiger partial charge in [0.25, 0.3) is 5.91 Å². The fraction of sp³-hybridized carbons (Fsp3) is 0.364. The second-order valence-corrected chi connectivity index (χ2v) is 9.53. The second kappa shape index (κ2) is 14.0. The maximum Gasteiger partial charge on any atom is 0.490 e. The number of amides is 3. The van der Waals surface area contributed by atoms with Crippen LogP contribution in [0, 0.1) is 0 Å². The SMILES string of the molecule is O=C(Nc1ccncc1)NC1CCN(C(=O)[C@@H](O)CSc2ccc(Br)cc2)CC1.O=C(O)C(F)(F)F. The molecule has 14 heteroatoms. The van der Waals surface area contributed by atoms with E-state index in [-0.39, 0.29) is 18.0 Å². The number of aliphatic hydroxyl groups excluding tert-OH is 1. The van der Waals surface area contributed by atoms with E-state index in [2.05, 4.69) is 31.5 Å². The molecule has 4 N–H and O–H groups in total. The fourth-order valence-corrected chi connectivity index (χ4v) is 4.11. The van der Waals surface area contributed by atoms with Crippen molar-refractivity contribution >= 4 is 51.3 Å². The molecule has 1 saturated heterocycles. The lowest BCUT2D eigenvalue weighted by Gasteiger charge is -2.33. The maximum atomic E-state index is 12.5. The van der Waals surface area contributed by atoms with Crippen LogP contribution in [-0.2, 0) is 9.59 Å². The van der Waals surface area contributed by atoms with Gasteiger partial charge < -0.3 is 25.7 Å². The van der Waals surface area contributed by atoms with Gasteiger partial charge in [-0.25, -0.2) is 9.59 Å². The van der Waals surface area contributed by atoms with Gasteiger partial charge in [-0.05, 0) is 49.2 Å². The van der Waals surface area contributed by atoms with Gasteiger partial charge in [0.2, 0.25) is 0 Å². The van der Waals surface area contributed by atoms with Crippen LogP contribution in [0.3, 0.4) is 0 Å². The third-order valence-electron chi connectivity index (χ3n) is 4.83. The summed E-state index contributed by atoms with van der Waals surface area (Å²) in [6.07, 6.45) is -1.59. The Hall–Kier alpha value is -2.84. The molecule has 3 amide bonds. The molecule has 36 heavy (non-hydrogen) atoms. The number of pyridine rings is 1. The van der Waals surface area contributed by atoms with Gasteiger partial charge in [0.05, 0.1) is 0 Å². The summed E-state index contributed by atoms with van der Waals surface area (Å²) in [5, 5.41) is 23.1. The highest BCUT2D eigenvalue weighted by atomic mass is 79.9. The molecule has 2 heterocycles. The predicted molar refractivity (Wildman–Crippen MR) is 131 cm³/mol. The number of carbonyl (C=O) groups excluding carboxylic acids is 2. The van der Waals surface area contributed by atoms with E-state index in [1.165, 1.54) is 11.8 Å². The molecule has 0 unspecified atom stereocenters. The quantitative estimate of drug-likeness (QED) is 0.376. The number of likely N-dealkylation sites (tertiary alicyclic amines) is 1. The Balaban J connectivity index is 0.000000572. The van der Waals surface area contributed by atoms with E-state index in [1.807, 2.05) is 24.3 Å². The van der Waals surface area contributed by atoms with Crippen molar-refractivity contribution in [2.45, 2.75) is 36.1 Å². The number of nitrogens with zero attached hydrogens (tertiary/aromatic N) is 2. The molecule has 0 aliphatic carbocycles. The first-order valence-corrected chi connectivity index (χ1v) is 12.4. The number of rotatable bonds is 6. The minimum atomic E-state index is -5.08. The first-order valence-electron chi connectivity index (χ1n) is 10.6. The molecule has 1 fully saturated rings. The zero-order valence-electron chi connectivity index (χ0n) is 18.7. The average Bonchev–Trinajstić information content (AvgIpc) is 2.84. The molecule has 2 aromatic rings. The van der Waals surface area contributed by atoms with E-state index in [1.54, 1.807) is 29.4 Å². The second-order valence-electron chi connectivity index (χ2n) is 7.52. The van der Waals surface area contributed by atoms with Crippen LogP contribution in [0.15, 0.2) is 58.2 Å². The lowest BCUT2D eigenvalue weighted by Crippen LogP contribution is -2.50. The summed E-state index contributed by atoms with van der Waals surface area (Å²) in [6, 6.07) is 10.9. The molecule has 1 aromatic heterocycles. The van der Waals surface area contributed by atoms with Crippen LogP contribution in [0.2, 0.25) is 0 Å². The van der Waals surface area contributed by atoms with Gasteiger partial charge in [-0.2, -0.15) is 13.2 Å². The number of nitrogens with one attached hydrogen (secondary N) is 2. The van der Waals surface area contributed by atoms with Crippen LogP contribution < -0.4 is 10.6 Å². The highest BCUT2D eigenvalue weighted by molar-refractivity contribution is 9.10. The summed E-state index contributed by atoms with van der Waals surface area (Å²) in [4.78, 5) is 40.0. The number of aromatic nitrogens is 1. The molecule has 9 nitrogen and oxygen atoms in total. The number of piperidine rings is 1. The van der Waals surface area contributed by atoms with E-state index in [0.29, 0.717) is 37.4 Å². The lowest BCUT2D eigenvalue weighted by molar-refractivity contribution is -0.192. The van der Waals surface area contributed by atoms with Crippen molar-refractivity contribution in [1.82, 2.24) is 15.2 Å². The van der Waals surface area contributed by atoms with Gasteiger partial charge in [-0.15, -0.1) is 11.8 Å². The van der Waals surface area contributed by atoms with Crippen molar-refractivity contribution in [3.63, 3.8) is 0 Å². The van der Waals surface area contributed by atoms with Gasteiger partial charge in [0, 0.05) is 52.3 Å². The highest BCUT2D eigenvalue weighted by Gasteiger charge is 2.38. The minimum absolute atomic E-state index is 0.00447. The number of carboxylic acids is 1. The Labute approximate surface area is 217 Å². The minimum Gasteiger partial charge on any atom is -0.475 e. The molecule has 196 valence electrons. The van der Waals surface area contributed by atoms with Crippen molar-refractivity contribution in [3.8, 4) is 0 Å². The molecule has 0 saturated carbocycles. The Morgan fingerprint density at radius 1 is 1.11 bits per heavy atom. The maximum absolute atomic E-state index is 12.5. The van der Waals surface area contributed by atoms with Crippen molar-refractivity contribution in [2.75, 3.05) is 24.2 Å². The number of anilines is 1. The van der Waals surface area contributed by atoms with Crippen molar-refractivity contribution in [2.24, 2.45) is 0 Å². The van der Waals surface area contributed by atoms with Crippen LogP contribution in [0.1, 0.15) is 12.8 Å². The number of urea groups is 1. The Morgan fingerprint density at radius 3 is 2.19 bits per heavy atom. The smallest absolute Gasteiger partial charge is 0.475 e. The van der Waals surface area contributed by atoms with E-state index in [9.17, 15) is 27.9 Å². The number of aliphatic hydroxyl groups is 1. The van der Waals surface area contributed by atoms with Crippen LogP contribution >= 0.6 is 27.7 Å². The van der Waals surface area contributed by atoms with E-state index >= 15 is 0 Å². The monoisotopic (exact) mass is 592 g/mol. The number of alkyl halides is 3. The Bertz CT molecular complexity index is 1010. The number of hydrogen-bond acceptors (Lipinski definition) is 6. The Kier molecular flexibility index (Phi) is 11.5. The number of carboxylic acid groups (broad SMARTS) is 1. The van der Waals surface area contributed by atoms with Gasteiger partial charge >= 0.3 is 18.2 Å². The first-order chi connectivity index (χ1) is 17.0. The molecule has 0 bridgehead atoms. The number of aliphatic carboxylic acids is 1. The predicted octanol–water partition coefficient (Wildman–Crippen LogP) is 3.74.